The van der Waals surface area contributed by atoms with Crippen LogP contribution in [0.25, 0.3) is 0 Å². The van der Waals surface area contributed by atoms with Gasteiger partial charge in [0.15, 0.2) is 0 Å². The Balaban J connectivity index is 1.80. The molecule has 13 heteroatoms. The number of nitrogens with zero attached hydrogens (tertiary/aromatic N) is 3. The van der Waals surface area contributed by atoms with Crippen LogP contribution in [0.2, 0.25) is 0 Å². The van der Waals surface area contributed by atoms with E-state index in [1.54, 1.807) is 0 Å². The molecular weight excluding hydrogens is 456 g/mol. The largest absolute Gasteiger partial charge is 0.475 e. The predicted octanol–water partition coefficient (Wildman–Crippen LogP) is 4.22. The zero-order chi connectivity index (χ0) is 24.2. The van der Waals surface area contributed by atoms with Gasteiger partial charge in [0.05, 0.1) is 23.0 Å². The van der Waals surface area contributed by atoms with Crippen molar-refractivity contribution in [1.29, 1.82) is 5.41 Å². The van der Waals surface area contributed by atoms with Crippen molar-refractivity contribution in [2.45, 2.75) is 24.6 Å². The summed E-state index contributed by atoms with van der Waals surface area (Å²) >= 11 is 0. The molecule has 0 radical (unpaired) electrons. The molecule has 1 aliphatic rings. The molecule has 1 saturated heterocycles. The molecule has 0 saturated carbocycles. The average Bonchev–Trinajstić information content (AvgIpc) is 3.06. The molecule has 2 N–H and O–H groups in total. The monoisotopic (exact) mass is 473 g/mol. The van der Waals surface area contributed by atoms with Crippen LogP contribution in [-0.4, -0.2) is 53.3 Å². The number of amides is 1. The first-order valence-electron chi connectivity index (χ1n) is 9.45. The van der Waals surface area contributed by atoms with Crippen molar-refractivity contribution in [3.63, 3.8) is 0 Å². The number of hydrogen-bond donors (Lipinski definition) is 2. The van der Waals surface area contributed by atoms with E-state index in [0.717, 1.165) is 35.5 Å². The van der Waals surface area contributed by atoms with Crippen LogP contribution in [0.1, 0.15) is 22.3 Å². The van der Waals surface area contributed by atoms with Crippen molar-refractivity contribution in [2.75, 3.05) is 18.6 Å². The van der Waals surface area contributed by atoms with Crippen LogP contribution in [0.5, 0.6) is 5.88 Å². The molecule has 1 amide bonds. The van der Waals surface area contributed by atoms with Gasteiger partial charge in [-0.15, -0.1) is 0 Å². The van der Waals surface area contributed by atoms with E-state index >= 15 is 0 Å². The normalized spacial score (nSPS) is 17.9. The zero-order valence-electron chi connectivity index (χ0n) is 16.7. The van der Waals surface area contributed by atoms with Crippen LogP contribution in [0.15, 0.2) is 41.6 Å². The van der Waals surface area contributed by atoms with Crippen LogP contribution < -0.4 is 10.2 Å². The van der Waals surface area contributed by atoms with E-state index in [-0.39, 0.29) is 23.7 Å². The average molecular weight is 473 g/mol. The minimum atomic E-state index is -4.62. The smallest absolute Gasteiger partial charge is 0.417 e. The number of benzene rings is 1. The second-order valence-corrected chi connectivity index (χ2v) is 6.97. The lowest BCUT2D eigenvalue weighted by Gasteiger charge is -2.28. The first-order valence-corrected chi connectivity index (χ1v) is 9.45. The topological polar surface area (TPSA) is 90.7 Å². The lowest BCUT2D eigenvalue weighted by atomic mass is 10.1. The Morgan fingerprint density at radius 3 is 2.73 bits per heavy atom. The van der Waals surface area contributed by atoms with Gasteiger partial charge in [-0.2, -0.15) is 18.3 Å². The highest BCUT2D eigenvalue weighted by Crippen LogP contribution is 2.36. The summed E-state index contributed by atoms with van der Waals surface area (Å²) < 4.78 is 85.9. The van der Waals surface area contributed by atoms with Crippen LogP contribution in [0.4, 0.5) is 32.0 Å². The lowest BCUT2D eigenvalue weighted by molar-refractivity contribution is -0.137. The van der Waals surface area contributed by atoms with E-state index < -0.39 is 48.5 Å². The molecule has 176 valence electrons. The number of carbonyl (C=O) groups is 1. The lowest BCUT2D eigenvalue weighted by Crippen LogP contribution is -2.46. The molecular formula is C20H17F6N5O2. The van der Waals surface area contributed by atoms with Gasteiger partial charge in [-0.05, 0) is 24.3 Å². The third-order valence-corrected chi connectivity index (χ3v) is 4.81. The van der Waals surface area contributed by atoms with E-state index in [0.29, 0.717) is 12.3 Å². The molecule has 3 rings (SSSR count). The Morgan fingerprint density at radius 1 is 1.33 bits per heavy atom. The number of halogens is 6. The molecule has 0 spiro atoms. The van der Waals surface area contributed by atoms with Gasteiger partial charge in [-0.25, -0.2) is 18.2 Å². The van der Waals surface area contributed by atoms with Gasteiger partial charge < -0.3 is 15.0 Å². The van der Waals surface area contributed by atoms with E-state index in [4.69, 9.17) is 10.1 Å². The van der Waals surface area contributed by atoms with Gasteiger partial charge in [0.1, 0.15) is 18.5 Å². The minimum Gasteiger partial charge on any atom is -0.475 e. The number of hydrogen-bond acceptors (Lipinski definition) is 6. The van der Waals surface area contributed by atoms with Gasteiger partial charge in [0.25, 0.3) is 11.8 Å². The highest BCUT2D eigenvalue weighted by atomic mass is 19.4. The molecule has 1 atom stereocenters. The number of rotatable bonds is 7. The Kier molecular flexibility index (Phi) is 6.89. The van der Waals surface area contributed by atoms with Crippen molar-refractivity contribution in [1.82, 2.24) is 9.88 Å². The number of pyridine rings is 1. The number of carbonyl (C=O) groups excluding carboxylic acids is 1. The Morgan fingerprint density at radius 2 is 2.09 bits per heavy atom. The van der Waals surface area contributed by atoms with Gasteiger partial charge in [0, 0.05) is 31.4 Å². The third-order valence-electron chi connectivity index (χ3n) is 4.81. The molecule has 2 aromatic rings. The number of likely N-dealkylation sites (tertiary alicyclic amines) is 1. The van der Waals surface area contributed by atoms with Gasteiger partial charge in [-0.1, -0.05) is 0 Å². The number of alkyl halides is 5. The molecule has 7 nitrogen and oxygen atoms in total. The van der Waals surface area contributed by atoms with E-state index in [1.807, 2.05) is 0 Å². The summed E-state index contributed by atoms with van der Waals surface area (Å²) in [6.45, 7) is -1.11. The second kappa shape index (κ2) is 9.46. The third kappa shape index (κ3) is 5.59. The van der Waals surface area contributed by atoms with Crippen molar-refractivity contribution >= 4 is 24.0 Å². The molecule has 1 aromatic heterocycles. The van der Waals surface area contributed by atoms with Crippen molar-refractivity contribution < 1.29 is 35.9 Å². The van der Waals surface area contributed by atoms with E-state index in [1.165, 1.54) is 6.07 Å². The van der Waals surface area contributed by atoms with Crippen LogP contribution >= 0.6 is 0 Å². The predicted molar refractivity (Wildman–Crippen MR) is 106 cm³/mol. The van der Waals surface area contributed by atoms with Gasteiger partial charge in [0.2, 0.25) is 5.88 Å². The molecule has 0 aliphatic carbocycles. The Hall–Kier alpha value is -3.64. The summed E-state index contributed by atoms with van der Waals surface area (Å²) in [5.41, 5.74) is 1.16. The van der Waals surface area contributed by atoms with Crippen LogP contribution in [-0.2, 0) is 6.18 Å². The molecule has 1 unspecified atom stereocenters. The highest BCUT2D eigenvalue weighted by molar-refractivity contribution is 6.14. The van der Waals surface area contributed by atoms with Gasteiger partial charge in [-0.3, -0.25) is 10.2 Å². The molecule has 0 bridgehead atoms. The van der Waals surface area contributed by atoms with Crippen LogP contribution in [0.3, 0.4) is 0 Å². The zero-order valence-corrected chi connectivity index (χ0v) is 16.7. The number of nitrogens with one attached hydrogen (secondary N) is 2. The Bertz CT molecular complexity index is 1040. The fraction of sp³-hybridized carbons (Fsp3) is 0.300. The van der Waals surface area contributed by atoms with Crippen molar-refractivity contribution in [3.8, 4) is 5.88 Å². The summed E-state index contributed by atoms with van der Waals surface area (Å²) in [5.74, 6) is -5.39. The minimum absolute atomic E-state index is 0.0267. The standard InChI is InChI=1S/C20H17F6N5O2/c21-13-2-3-15(30-29-7-6-27)14(9-13)18(32)31-8-5-19(22,23)16(31)11-33-17-4-1-12(10-28-17)20(24,25)26/h1-4,6-7,9-10,16,27,30H,5,8,11H2/b27-6?,29-7-. The summed E-state index contributed by atoms with van der Waals surface area (Å²) in [5, 5.41) is 10.5. The molecule has 2 heterocycles. The highest BCUT2D eigenvalue weighted by Gasteiger charge is 2.51. The summed E-state index contributed by atoms with van der Waals surface area (Å²) in [7, 11) is 0. The number of hydrazone groups is 1. The molecule has 33 heavy (non-hydrogen) atoms. The first kappa shape index (κ1) is 24.0. The fourth-order valence-electron chi connectivity index (χ4n) is 3.16. The molecule has 1 aliphatic heterocycles. The quantitative estimate of drug-likeness (QED) is 0.358. The summed E-state index contributed by atoms with van der Waals surface area (Å²) in [6, 6.07) is 2.89. The maximum atomic E-state index is 14.5. The van der Waals surface area contributed by atoms with Gasteiger partial charge >= 0.3 is 6.18 Å². The summed E-state index contributed by atoms with van der Waals surface area (Å²) in [6.07, 6.45) is -2.90. The number of aromatic nitrogens is 1. The van der Waals surface area contributed by atoms with Crippen molar-refractivity contribution in [2.24, 2.45) is 5.10 Å². The van der Waals surface area contributed by atoms with E-state index in [2.05, 4.69) is 15.5 Å². The van der Waals surface area contributed by atoms with E-state index in [9.17, 15) is 31.1 Å². The SMILES string of the molecule is N=C/C=N\Nc1ccc(F)cc1C(=O)N1CCC(F)(F)C1COc1ccc(C(F)(F)F)cn1. The van der Waals surface area contributed by atoms with Crippen LogP contribution in [0, 0.1) is 11.2 Å². The second-order valence-electron chi connectivity index (χ2n) is 6.97. The van der Waals surface area contributed by atoms with Crippen molar-refractivity contribution in [3.05, 3.63) is 53.5 Å². The molecule has 1 aromatic carbocycles. The maximum Gasteiger partial charge on any atom is 0.417 e. The number of ether oxygens (including phenoxy) is 1. The number of anilines is 1. The Labute approximate surface area is 183 Å². The fourth-order valence-corrected chi connectivity index (χ4v) is 3.16. The maximum absolute atomic E-state index is 14.5. The molecule has 1 fully saturated rings. The summed E-state index contributed by atoms with van der Waals surface area (Å²) in [4.78, 5) is 17.3. The first-order chi connectivity index (χ1) is 15.5.